The van der Waals surface area contributed by atoms with Crippen LogP contribution in [0.4, 0.5) is 5.69 Å². The summed E-state index contributed by atoms with van der Waals surface area (Å²) in [5.41, 5.74) is 0.410. The molecule has 104 valence electrons. The van der Waals surface area contributed by atoms with Crippen LogP contribution in [0, 0.1) is 0 Å². The van der Waals surface area contributed by atoms with Crippen LogP contribution in [0.5, 0.6) is 0 Å². The molecule has 0 saturated carbocycles. The summed E-state index contributed by atoms with van der Waals surface area (Å²) in [5.74, 6) is -0.408. The summed E-state index contributed by atoms with van der Waals surface area (Å²) in [6.07, 6.45) is 3.15. The molecule has 3 rings (SSSR count). The zero-order valence-corrected chi connectivity index (χ0v) is 12.2. The molecular weight excluding hydrogens is 336 g/mol. The highest BCUT2D eigenvalue weighted by Crippen LogP contribution is 2.21. The Labute approximate surface area is 127 Å². The average Bonchev–Trinajstić information content (AvgIpc) is 2.50. The minimum absolute atomic E-state index is 0.161. The van der Waals surface area contributed by atoms with Gasteiger partial charge in [-0.1, -0.05) is 18.2 Å². The van der Waals surface area contributed by atoms with E-state index >= 15 is 0 Å². The van der Waals surface area contributed by atoms with Crippen molar-refractivity contribution in [2.45, 2.75) is 0 Å². The third-order valence-electron chi connectivity index (χ3n) is 2.93. The number of pyridine rings is 1. The van der Waals surface area contributed by atoms with Crippen molar-refractivity contribution < 1.29 is 4.79 Å². The second-order valence-corrected chi connectivity index (χ2v) is 5.11. The van der Waals surface area contributed by atoms with Gasteiger partial charge in [-0.05, 0) is 28.1 Å². The molecule has 1 aromatic carbocycles. The number of anilines is 1. The average molecular weight is 345 g/mol. The topological polar surface area (TPSA) is 87.7 Å². The molecule has 0 aliphatic rings. The lowest BCUT2D eigenvalue weighted by Gasteiger charge is -2.07. The first-order chi connectivity index (χ1) is 10.2. The number of carbonyl (C=O) groups is 1. The first-order valence-electron chi connectivity index (χ1n) is 6.05. The SMILES string of the molecule is O=C(Nc1ccncc1Br)c1n[nH]c(=O)c2ccccc12. The minimum atomic E-state index is -0.408. The molecule has 0 unspecified atom stereocenters. The maximum absolute atomic E-state index is 12.4. The Bertz CT molecular complexity index is 891. The van der Waals surface area contributed by atoms with Crippen molar-refractivity contribution in [3.63, 3.8) is 0 Å². The standard InChI is InChI=1S/C14H9BrN4O2/c15-10-7-16-6-5-11(10)17-14(21)12-8-3-1-2-4-9(8)13(20)19-18-12/h1-7H,(H,19,20)(H,16,17,21). The summed E-state index contributed by atoms with van der Waals surface area (Å²) < 4.78 is 0.659. The van der Waals surface area contributed by atoms with E-state index in [2.05, 4.69) is 36.4 Å². The smallest absolute Gasteiger partial charge is 0.276 e. The van der Waals surface area contributed by atoms with Crippen molar-refractivity contribution in [3.05, 3.63) is 63.2 Å². The van der Waals surface area contributed by atoms with Crippen LogP contribution in [-0.2, 0) is 0 Å². The highest BCUT2D eigenvalue weighted by atomic mass is 79.9. The van der Waals surface area contributed by atoms with E-state index in [-0.39, 0.29) is 11.3 Å². The Morgan fingerprint density at radius 2 is 1.95 bits per heavy atom. The predicted molar refractivity (Wildman–Crippen MR) is 82.3 cm³/mol. The number of aromatic nitrogens is 3. The molecule has 0 spiro atoms. The van der Waals surface area contributed by atoms with Gasteiger partial charge in [0.1, 0.15) is 0 Å². The molecule has 2 heterocycles. The van der Waals surface area contributed by atoms with Crippen LogP contribution in [0.25, 0.3) is 10.8 Å². The number of fused-ring (bicyclic) bond motifs is 1. The zero-order valence-electron chi connectivity index (χ0n) is 10.6. The third-order valence-corrected chi connectivity index (χ3v) is 3.56. The van der Waals surface area contributed by atoms with Gasteiger partial charge in [-0.25, -0.2) is 5.10 Å². The summed E-state index contributed by atoms with van der Waals surface area (Å²) in [7, 11) is 0. The van der Waals surface area contributed by atoms with Crippen molar-refractivity contribution in [2.24, 2.45) is 0 Å². The van der Waals surface area contributed by atoms with Gasteiger partial charge in [-0.2, -0.15) is 5.10 Å². The number of benzene rings is 1. The van der Waals surface area contributed by atoms with Crippen molar-refractivity contribution in [3.8, 4) is 0 Å². The van der Waals surface area contributed by atoms with Gasteiger partial charge < -0.3 is 5.32 Å². The van der Waals surface area contributed by atoms with Crippen molar-refractivity contribution >= 4 is 38.3 Å². The number of carbonyl (C=O) groups excluding carboxylic acids is 1. The highest BCUT2D eigenvalue weighted by Gasteiger charge is 2.14. The summed E-state index contributed by atoms with van der Waals surface area (Å²) in [5, 5.41) is 9.84. The van der Waals surface area contributed by atoms with Crippen LogP contribution in [0.3, 0.4) is 0 Å². The van der Waals surface area contributed by atoms with Crippen molar-refractivity contribution in [1.82, 2.24) is 15.2 Å². The van der Waals surface area contributed by atoms with Gasteiger partial charge in [0.15, 0.2) is 5.69 Å². The number of hydrogen-bond acceptors (Lipinski definition) is 4. The number of H-pyrrole nitrogens is 1. The van der Waals surface area contributed by atoms with Crippen LogP contribution >= 0.6 is 15.9 Å². The fourth-order valence-electron chi connectivity index (χ4n) is 1.95. The Kier molecular flexibility index (Phi) is 3.49. The molecule has 0 bridgehead atoms. The number of aromatic amines is 1. The number of nitrogens with zero attached hydrogens (tertiary/aromatic N) is 2. The number of halogens is 1. The van der Waals surface area contributed by atoms with Crippen LogP contribution in [0.1, 0.15) is 10.5 Å². The van der Waals surface area contributed by atoms with E-state index in [1.54, 1.807) is 42.7 Å². The Morgan fingerprint density at radius 3 is 2.71 bits per heavy atom. The Hall–Kier alpha value is -2.54. The Morgan fingerprint density at radius 1 is 1.19 bits per heavy atom. The van der Waals surface area contributed by atoms with Gasteiger partial charge >= 0.3 is 0 Å². The molecule has 7 heteroatoms. The highest BCUT2D eigenvalue weighted by molar-refractivity contribution is 9.10. The number of amides is 1. The van der Waals surface area contributed by atoms with E-state index in [0.29, 0.717) is 20.9 Å². The van der Waals surface area contributed by atoms with Gasteiger partial charge in [0, 0.05) is 17.8 Å². The molecule has 2 N–H and O–H groups in total. The van der Waals surface area contributed by atoms with Gasteiger partial charge in [0.05, 0.1) is 15.5 Å². The molecule has 2 aromatic heterocycles. The summed E-state index contributed by atoms with van der Waals surface area (Å²) in [6.45, 7) is 0. The maximum atomic E-state index is 12.4. The van der Waals surface area contributed by atoms with Crippen LogP contribution in [0.15, 0.2) is 52.0 Å². The molecule has 3 aromatic rings. The first kappa shape index (κ1) is 13.4. The molecule has 1 amide bonds. The third kappa shape index (κ3) is 2.55. The molecule has 0 fully saturated rings. The fourth-order valence-corrected chi connectivity index (χ4v) is 2.30. The van der Waals surface area contributed by atoms with E-state index in [1.807, 2.05) is 0 Å². The molecule has 0 aliphatic heterocycles. The number of hydrogen-bond donors (Lipinski definition) is 2. The molecule has 0 aliphatic carbocycles. The van der Waals surface area contributed by atoms with Crippen molar-refractivity contribution in [1.29, 1.82) is 0 Å². The molecule has 6 nitrogen and oxygen atoms in total. The van der Waals surface area contributed by atoms with Gasteiger partial charge in [0.2, 0.25) is 0 Å². The van der Waals surface area contributed by atoms with Gasteiger partial charge in [0.25, 0.3) is 11.5 Å². The molecular formula is C14H9BrN4O2. The molecule has 0 radical (unpaired) electrons. The lowest BCUT2D eigenvalue weighted by atomic mass is 10.1. The van der Waals surface area contributed by atoms with Gasteiger partial charge in [-0.15, -0.1) is 0 Å². The maximum Gasteiger partial charge on any atom is 0.276 e. The minimum Gasteiger partial charge on any atom is -0.319 e. The Balaban J connectivity index is 2.05. The molecule has 21 heavy (non-hydrogen) atoms. The quantitative estimate of drug-likeness (QED) is 0.746. The van der Waals surface area contributed by atoms with E-state index < -0.39 is 5.91 Å². The summed E-state index contributed by atoms with van der Waals surface area (Å²) in [4.78, 5) is 28.0. The van der Waals surface area contributed by atoms with E-state index in [9.17, 15) is 9.59 Å². The van der Waals surface area contributed by atoms with E-state index in [4.69, 9.17) is 0 Å². The van der Waals surface area contributed by atoms with Gasteiger partial charge in [-0.3, -0.25) is 14.6 Å². The monoisotopic (exact) mass is 344 g/mol. The first-order valence-corrected chi connectivity index (χ1v) is 6.84. The van der Waals surface area contributed by atoms with E-state index in [1.165, 1.54) is 0 Å². The number of nitrogens with one attached hydrogen (secondary N) is 2. The number of rotatable bonds is 2. The van der Waals surface area contributed by atoms with Crippen LogP contribution < -0.4 is 10.9 Å². The fraction of sp³-hybridized carbons (Fsp3) is 0. The largest absolute Gasteiger partial charge is 0.319 e. The van der Waals surface area contributed by atoms with E-state index in [0.717, 1.165) is 0 Å². The second kappa shape index (κ2) is 5.45. The summed E-state index contributed by atoms with van der Waals surface area (Å²) in [6, 6.07) is 8.49. The lowest BCUT2D eigenvalue weighted by Crippen LogP contribution is -2.19. The van der Waals surface area contributed by atoms with Crippen LogP contribution in [0.2, 0.25) is 0 Å². The summed E-state index contributed by atoms with van der Waals surface area (Å²) >= 11 is 3.30. The van der Waals surface area contributed by atoms with Crippen LogP contribution in [-0.4, -0.2) is 21.1 Å². The van der Waals surface area contributed by atoms with Crippen molar-refractivity contribution in [2.75, 3.05) is 5.32 Å². The second-order valence-electron chi connectivity index (χ2n) is 4.26. The predicted octanol–water partition coefficient (Wildman–Crippen LogP) is 2.33. The lowest BCUT2D eigenvalue weighted by molar-refractivity contribution is 0.102. The molecule has 0 atom stereocenters. The normalized spacial score (nSPS) is 10.5. The zero-order chi connectivity index (χ0) is 14.8. The molecule has 0 saturated heterocycles.